The average Bonchev–Trinajstić information content (AvgIpc) is 3.17. The van der Waals surface area contributed by atoms with Crippen molar-refractivity contribution >= 4 is 22.7 Å². The highest BCUT2D eigenvalue weighted by atomic mass is 16.5. The number of nitrogens with two attached hydrogens (primary N) is 1. The van der Waals surface area contributed by atoms with Crippen LogP contribution >= 0.6 is 0 Å². The molecule has 0 radical (unpaired) electrons. The van der Waals surface area contributed by atoms with Gasteiger partial charge in [-0.3, -0.25) is 4.79 Å². The third-order valence-electron chi connectivity index (χ3n) is 4.90. The monoisotopic (exact) mass is 379 g/mol. The molecule has 8 heteroatoms. The summed E-state index contributed by atoms with van der Waals surface area (Å²) in [7, 11) is 3.15. The zero-order valence-corrected chi connectivity index (χ0v) is 16.1. The number of benzene rings is 1. The first-order valence-corrected chi connectivity index (χ1v) is 8.76. The summed E-state index contributed by atoms with van der Waals surface area (Å²) in [6.45, 7) is 3.63. The lowest BCUT2D eigenvalue weighted by molar-refractivity contribution is -0.116. The van der Waals surface area contributed by atoms with Crippen LogP contribution in [0.1, 0.15) is 19.7 Å². The van der Waals surface area contributed by atoms with Gasteiger partial charge in [0, 0.05) is 24.4 Å². The summed E-state index contributed by atoms with van der Waals surface area (Å²) >= 11 is 0. The second kappa shape index (κ2) is 6.26. The summed E-state index contributed by atoms with van der Waals surface area (Å²) in [5.41, 5.74) is 7.18. The molecular weight excluding hydrogens is 358 g/mol. The van der Waals surface area contributed by atoms with Gasteiger partial charge in [-0.1, -0.05) is 6.07 Å². The number of hydrogen-bond donors (Lipinski definition) is 1. The topological polar surface area (TPSA) is 95.0 Å². The van der Waals surface area contributed by atoms with Crippen LogP contribution in [0.15, 0.2) is 48.4 Å². The van der Waals surface area contributed by atoms with Gasteiger partial charge in [0.25, 0.3) is 0 Å². The molecule has 4 rings (SSSR count). The minimum Gasteiger partial charge on any atom is -0.497 e. The maximum absolute atomic E-state index is 13.3. The molecule has 0 saturated carbocycles. The number of pyridine rings is 1. The fourth-order valence-electron chi connectivity index (χ4n) is 3.47. The Balaban J connectivity index is 1.89. The second-order valence-corrected chi connectivity index (χ2v) is 6.99. The van der Waals surface area contributed by atoms with E-state index in [0.717, 1.165) is 0 Å². The molecule has 144 valence electrons. The first kappa shape index (κ1) is 17.8. The maximum atomic E-state index is 13.3. The molecule has 0 bridgehead atoms. The molecule has 28 heavy (non-hydrogen) atoms. The van der Waals surface area contributed by atoms with Gasteiger partial charge >= 0.3 is 0 Å². The molecular formula is C20H21N5O3. The van der Waals surface area contributed by atoms with Crippen molar-refractivity contribution in [3.63, 3.8) is 0 Å². The van der Waals surface area contributed by atoms with Crippen molar-refractivity contribution in [2.24, 2.45) is 5.73 Å². The van der Waals surface area contributed by atoms with Gasteiger partial charge in [-0.2, -0.15) is 0 Å². The molecule has 0 spiro atoms. The lowest BCUT2D eigenvalue weighted by Crippen LogP contribution is -2.45. The minimum atomic E-state index is -0.922. The van der Waals surface area contributed by atoms with Gasteiger partial charge in [-0.25, -0.2) is 9.50 Å². The highest BCUT2D eigenvalue weighted by molar-refractivity contribution is 6.29. The quantitative estimate of drug-likeness (QED) is 0.743. The normalized spacial score (nSPS) is 16.1. The van der Waals surface area contributed by atoms with Crippen LogP contribution in [0.25, 0.3) is 11.2 Å². The lowest BCUT2D eigenvalue weighted by atomic mass is 9.95. The number of nitrogens with zero attached hydrogens (tertiary/aromatic N) is 4. The first-order valence-electron chi connectivity index (χ1n) is 8.76. The number of anilines is 1. The minimum absolute atomic E-state index is 0.150. The van der Waals surface area contributed by atoms with Crippen molar-refractivity contribution in [2.45, 2.75) is 19.4 Å². The highest BCUT2D eigenvalue weighted by Crippen LogP contribution is 2.41. The molecule has 3 heterocycles. The Morgan fingerprint density at radius 1 is 1.07 bits per heavy atom. The molecule has 0 amide bonds. The maximum Gasteiger partial charge on any atom is 0.195 e. The fourth-order valence-corrected chi connectivity index (χ4v) is 3.47. The summed E-state index contributed by atoms with van der Waals surface area (Å²) < 4.78 is 12.3. The number of aromatic nitrogens is 3. The van der Waals surface area contributed by atoms with Crippen molar-refractivity contribution in [3.8, 4) is 11.5 Å². The fraction of sp³-hybridized carbons (Fsp3) is 0.250. The summed E-state index contributed by atoms with van der Waals surface area (Å²) in [6.07, 6.45) is 1.78. The van der Waals surface area contributed by atoms with E-state index in [1.807, 2.05) is 44.2 Å². The molecule has 0 unspecified atom stereocenters. The van der Waals surface area contributed by atoms with Gasteiger partial charge in [0.2, 0.25) is 0 Å². The van der Waals surface area contributed by atoms with Crippen LogP contribution in [0.3, 0.4) is 0 Å². The van der Waals surface area contributed by atoms with E-state index in [-0.39, 0.29) is 5.78 Å². The molecule has 0 aliphatic carbocycles. The van der Waals surface area contributed by atoms with E-state index in [4.69, 9.17) is 15.2 Å². The van der Waals surface area contributed by atoms with Crippen LogP contribution in [0.2, 0.25) is 0 Å². The predicted octanol–water partition coefficient (Wildman–Crippen LogP) is 2.24. The predicted molar refractivity (Wildman–Crippen MR) is 105 cm³/mol. The molecule has 0 fully saturated rings. The largest absolute Gasteiger partial charge is 0.497 e. The Bertz CT molecular complexity index is 1060. The van der Waals surface area contributed by atoms with E-state index >= 15 is 0 Å². The van der Waals surface area contributed by atoms with Gasteiger partial charge in [-0.05, 0) is 26.0 Å². The third kappa shape index (κ3) is 2.57. The van der Waals surface area contributed by atoms with Gasteiger partial charge in [-0.15, -0.1) is 5.10 Å². The number of ketones is 1. The zero-order chi connectivity index (χ0) is 20.1. The SMILES string of the molecule is COc1cc(OC)cc(N2C(N)=C(c3nc4ccccn4n3)C(=O)C2(C)C)c1. The van der Waals surface area contributed by atoms with Crippen molar-refractivity contribution in [1.29, 1.82) is 0 Å². The summed E-state index contributed by atoms with van der Waals surface area (Å²) in [4.78, 5) is 19.5. The van der Waals surface area contributed by atoms with Gasteiger partial charge in [0.15, 0.2) is 17.3 Å². The summed E-state index contributed by atoms with van der Waals surface area (Å²) in [5, 5.41) is 4.43. The number of methoxy groups -OCH3 is 2. The number of rotatable bonds is 4. The Labute approximate surface area is 162 Å². The summed E-state index contributed by atoms with van der Waals surface area (Å²) in [6, 6.07) is 10.9. The molecule has 1 aliphatic rings. The van der Waals surface area contributed by atoms with Gasteiger partial charge in [0.1, 0.15) is 28.4 Å². The van der Waals surface area contributed by atoms with Crippen LogP contribution in [0.4, 0.5) is 5.69 Å². The van der Waals surface area contributed by atoms with Gasteiger partial charge < -0.3 is 20.1 Å². The average molecular weight is 379 g/mol. The molecule has 0 atom stereocenters. The Hall–Kier alpha value is -3.55. The Kier molecular flexibility index (Phi) is 3.99. The zero-order valence-electron chi connectivity index (χ0n) is 16.1. The smallest absolute Gasteiger partial charge is 0.195 e. The molecule has 2 aromatic heterocycles. The van der Waals surface area contributed by atoms with E-state index in [1.165, 1.54) is 0 Å². The molecule has 2 N–H and O–H groups in total. The van der Waals surface area contributed by atoms with Crippen molar-refractivity contribution in [3.05, 3.63) is 54.2 Å². The number of ether oxygens (including phenoxy) is 2. The second-order valence-electron chi connectivity index (χ2n) is 6.99. The van der Waals surface area contributed by atoms with E-state index in [0.29, 0.717) is 40.1 Å². The van der Waals surface area contributed by atoms with Crippen LogP contribution in [0, 0.1) is 0 Å². The van der Waals surface area contributed by atoms with Crippen LogP contribution in [0.5, 0.6) is 11.5 Å². The number of fused-ring (bicyclic) bond motifs is 1. The van der Waals surface area contributed by atoms with Crippen LogP contribution < -0.4 is 20.1 Å². The van der Waals surface area contributed by atoms with Crippen molar-refractivity contribution in [2.75, 3.05) is 19.1 Å². The van der Waals surface area contributed by atoms with Crippen molar-refractivity contribution < 1.29 is 14.3 Å². The number of carbonyl (C=O) groups excluding carboxylic acids is 1. The molecule has 3 aromatic rings. The van der Waals surface area contributed by atoms with E-state index in [2.05, 4.69) is 10.1 Å². The van der Waals surface area contributed by atoms with Crippen LogP contribution in [-0.4, -0.2) is 40.1 Å². The standard InChI is InChI=1S/C20H21N5O3/c1-20(2)17(26)16(19-22-15-7-5-6-8-24(15)23-19)18(21)25(20)12-9-13(27-3)11-14(10-12)28-4/h5-11H,21H2,1-4H3. The lowest BCUT2D eigenvalue weighted by Gasteiger charge is -2.33. The van der Waals surface area contributed by atoms with E-state index < -0.39 is 5.54 Å². The summed E-state index contributed by atoms with van der Waals surface area (Å²) in [5.74, 6) is 1.65. The van der Waals surface area contributed by atoms with Crippen molar-refractivity contribution in [1.82, 2.24) is 14.6 Å². The van der Waals surface area contributed by atoms with Crippen LogP contribution in [-0.2, 0) is 4.79 Å². The Morgan fingerprint density at radius 2 is 1.75 bits per heavy atom. The molecule has 1 aromatic carbocycles. The third-order valence-corrected chi connectivity index (χ3v) is 4.90. The number of hydrogen-bond acceptors (Lipinski definition) is 7. The Morgan fingerprint density at radius 3 is 2.36 bits per heavy atom. The first-order chi connectivity index (χ1) is 13.4. The molecule has 1 aliphatic heterocycles. The molecule has 0 saturated heterocycles. The van der Waals surface area contributed by atoms with E-state index in [9.17, 15) is 4.79 Å². The van der Waals surface area contributed by atoms with Gasteiger partial charge in [0.05, 0.1) is 19.9 Å². The number of Topliss-reactive ketones (excluding diaryl/α,β-unsaturated/α-hetero) is 1. The van der Waals surface area contributed by atoms with E-state index in [1.54, 1.807) is 35.9 Å². The number of carbonyl (C=O) groups is 1. The highest BCUT2D eigenvalue weighted by Gasteiger charge is 2.48. The molecule has 8 nitrogen and oxygen atoms in total.